The highest BCUT2D eigenvalue weighted by Gasteiger charge is 2.24. The van der Waals surface area contributed by atoms with Gasteiger partial charge in [0.1, 0.15) is 16.2 Å². The van der Waals surface area contributed by atoms with Crippen molar-refractivity contribution in [2.24, 2.45) is 5.73 Å². The molecule has 4 nitrogen and oxygen atoms in total. The van der Waals surface area contributed by atoms with Crippen molar-refractivity contribution in [1.82, 2.24) is 0 Å². The molecule has 0 aliphatic heterocycles. The van der Waals surface area contributed by atoms with E-state index < -0.39 is 11.6 Å². The Labute approximate surface area is 137 Å². The van der Waals surface area contributed by atoms with Gasteiger partial charge in [0.05, 0.1) is 0 Å². The van der Waals surface area contributed by atoms with Gasteiger partial charge < -0.3 is 15.8 Å². The van der Waals surface area contributed by atoms with Gasteiger partial charge in [-0.25, -0.2) is 4.79 Å². The number of carbonyl (C=O) groups excluding carboxylic acids is 1. The first kappa shape index (κ1) is 18.2. The van der Waals surface area contributed by atoms with Crippen LogP contribution in [0.2, 0.25) is 0 Å². The molecule has 0 heterocycles. The van der Waals surface area contributed by atoms with E-state index in [2.05, 4.69) is 5.32 Å². The van der Waals surface area contributed by atoms with Crippen LogP contribution in [0, 0.1) is 13.8 Å². The van der Waals surface area contributed by atoms with Crippen molar-refractivity contribution in [2.75, 3.05) is 5.32 Å². The van der Waals surface area contributed by atoms with Crippen LogP contribution in [0.15, 0.2) is 29.5 Å². The van der Waals surface area contributed by atoms with Crippen molar-refractivity contribution in [3.05, 3.63) is 40.6 Å². The summed E-state index contributed by atoms with van der Waals surface area (Å²) in [6, 6.07) is 5.86. The maximum atomic E-state index is 12.3. The van der Waals surface area contributed by atoms with Gasteiger partial charge in [-0.2, -0.15) is 0 Å². The summed E-state index contributed by atoms with van der Waals surface area (Å²) in [5.74, 6) is -0.518. The fraction of sp³-hybridized carbons (Fsp3) is 0.412. The maximum absolute atomic E-state index is 12.3. The number of allylic oxidation sites excluding steroid dienone is 1. The minimum absolute atomic E-state index is 0.200. The van der Waals surface area contributed by atoms with E-state index in [1.54, 1.807) is 27.7 Å². The number of nitrogens with one attached hydrogen (secondary N) is 1. The van der Waals surface area contributed by atoms with Crippen LogP contribution in [0.5, 0.6) is 0 Å². The van der Waals surface area contributed by atoms with Crippen molar-refractivity contribution in [2.45, 2.75) is 47.1 Å². The average Bonchev–Trinajstić information content (AvgIpc) is 2.32. The summed E-state index contributed by atoms with van der Waals surface area (Å²) in [5.41, 5.74) is 8.82. The van der Waals surface area contributed by atoms with Crippen LogP contribution in [-0.2, 0) is 9.53 Å². The van der Waals surface area contributed by atoms with E-state index in [0.29, 0.717) is 5.70 Å². The largest absolute Gasteiger partial charge is 0.456 e. The van der Waals surface area contributed by atoms with Gasteiger partial charge in [0.15, 0.2) is 0 Å². The van der Waals surface area contributed by atoms with Crippen molar-refractivity contribution in [3.8, 4) is 0 Å². The van der Waals surface area contributed by atoms with E-state index in [-0.39, 0.29) is 10.6 Å². The molecule has 1 aromatic rings. The van der Waals surface area contributed by atoms with Crippen LogP contribution in [0.4, 0.5) is 5.69 Å². The lowest BCUT2D eigenvalue weighted by molar-refractivity contribution is -0.149. The Hall–Kier alpha value is -1.88. The third-order valence-electron chi connectivity index (χ3n) is 3.08. The summed E-state index contributed by atoms with van der Waals surface area (Å²) in [6.45, 7) is 11.0. The van der Waals surface area contributed by atoms with Crippen LogP contribution in [0.3, 0.4) is 0 Å². The second-order valence-corrected chi connectivity index (χ2v) is 6.67. The lowest BCUT2D eigenvalue weighted by Gasteiger charge is -2.22. The van der Waals surface area contributed by atoms with Gasteiger partial charge in [-0.3, -0.25) is 0 Å². The monoisotopic (exact) mass is 320 g/mol. The number of aryl methyl sites for hydroxylation is 1. The first-order valence-electron chi connectivity index (χ1n) is 7.10. The quantitative estimate of drug-likeness (QED) is 0.506. The van der Waals surface area contributed by atoms with E-state index in [4.69, 9.17) is 22.7 Å². The molecule has 0 saturated heterocycles. The van der Waals surface area contributed by atoms with E-state index in [9.17, 15) is 4.79 Å². The number of esters is 1. The molecule has 5 heteroatoms. The first-order chi connectivity index (χ1) is 10.0. The zero-order chi connectivity index (χ0) is 17.1. The van der Waals surface area contributed by atoms with Gasteiger partial charge in [-0.1, -0.05) is 24.4 Å². The standard InChI is InChI=1S/C17H24N2O2S/c1-10-8-7-9-13(11(10)2)19-15(22)14(12(3)18)16(20)21-17(4,5)6/h7-9H,18H2,1-6H3,(H,19,22)/b14-12+. The molecule has 0 aliphatic carbocycles. The number of ether oxygens (including phenoxy) is 1. The fourth-order valence-electron chi connectivity index (χ4n) is 1.83. The van der Waals surface area contributed by atoms with Gasteiger partial charge in [-0.05, 0) is 58.7 Å². The minimum Gasteiger partial charge on any atom is -0.456 e. The van der Waals surface area contributed by atoms with Crippen molar-refractivity contribution in [1.29, 1.82) is 0 Å². The van der Waals surface area contributed by atoms with Crippen LogP contribution in [0.1, 0.15) is 38.8 Å². The molecule has 1 rings (SSSR count). The minimum atomic E-state index is -0.605. The van der Waals surface area contributed by atoms with Gasteiger partial charge in [-0.15, -0.1) is 0 Å². The second-order valence-electron chi connectivity index (χ2n) is 6.26. The molecule has 0 atom stereocenters. The first-order valence-corrected chi connectivity index (χ1v) is 7.51. The summed E-state index contributed by atoms with van der Waals surface area (Å²) in [7, 11) is 0. The molecule has 0 unspecified atom stereocenters. The molecule has 120 valence electrons. The fourth-order valence-corrected chi connectivity index (χ4v) is 2.19. The highest BCUT2D eigenvalue weighted by molar-refractivity contribution is 7.81. The van der Waals surface area contributed by atoms with Crippen LogP contribution in [0.25, 0.3) is 0 Å². The Kier molecular flexibility index (Phi) is 5.72. The van der Waals surface area contributed by atoms with Gasteiger partial charge in [0.25, 0.3) is 0 Å². The number of nitrogens with two attached hydrogens (primary N) is 1. The zero-order valence-electron chi connectivity index (χ0n) is 14.0. The Morgan fingerprint density at radius 1 is 1.27 bits per heavy atom. The molecular formula is C17H24N2O2S. The lowest BCUT2D eigenvalue weighted by Crippen LogP contribution is -2.30. The normalized spacial score (nSPS) is 12.5. The lowest BCUT2D eigenvalue weighted by atomic mass is 10.1. The van der Waals surface area contributed by atoms with E-state index >= 15 is 0 Å². The maximum Gasteiger partial charge on any atom is 0.343 e. The molecule has 0 spiro atoms. The third kappa shape index (κ3) is 4.84. The van der Waals surface area contributed by atoms with E-state index in [1.807, 2.05) is 32.0 Å². The average molecular weight is 320 g/mol. The van der Waals surface area contributed by atoms with Crippen LogP contribution >= 0.6 is 12.2 Å². The van der Waals surface area contributed by atoms with Gasteiger partial charge in [0.2, 0.25) is 0 Å². The molecule has 0 fully saturated rings. The molecule has 0 aromatic heterocycles. The number of thiocarbonyl (C=S) groups is 1. The zero-order valence-corrected chi connectivity index (χ0v) is 14.9. The summed E-state index contributed by atoms with van der Waals surface area (Å²) in [4.78, 5) is 12.6. The van der Waals surface area contributed by atoms with E-state index in [1.165, 1.54) is 0 Å². The number of hydrogen-bond donors (Lipinski definition) is 2. The summed E-state index contributed by atoms with van der Waals surface area (Å²) >= 11 is 5.35. The van der Waals surface area contributed by atoms with Gasteiger partial charge in [0, 0.05) is 11.4 Å². The van der Waals surface area contributed by atoms with Crippen LogP contribution in [-0.4, -0.2) is 16.6 Å². The number of rotatable bonds is 3. The number of anilines is 1. The third-order valence-corrected chi connectivity index (χ3v) is 3.38. The molecule has 1 aromatic carbocycles. The molecule has 0 radical (unpaired) electrons. The molecule has 22 heavy (non-hydrogen) atoms. The Morgan fingerprint density at radius 3 is 2.36 bits per heavy atom. The second kappa shape index (κ2) is 6.92. The van der Waals surface area contributed by atoms with Crippen molar-refractivity contribution in [3.63, 3.8) is 0 Å². The summed E-state index contributed by atoms with van der Waals surface area (Å²) in [6.07, 6.45) is 0. The van der Waals surface area contributed by atoms with E-state index in [0.717, 1.165) is 16.8 Å². The number of carbonyl (C=O) groups is 1. The number of benzene rings is 1. The van der Waals surface area contributed by atoms with Crippen LogP contribution < -0.4 is 11.1 Å². The Morgan fingerprint density at radius 2 is 1.86 bits per heavy atom. The summed E-state index contributed by atoms with van der Waals surface area (Å²) < 4.78 is 5.37. The predicted molar refractivity (Wildman–Crippen MR) is 94.9 cm³/mol. The molecule has 0 aliphatic rings. The van der Waals surface area contributed by atoms with Crippen molar-refractivity contribution >= 4 is 28.9 Å². The number of hydrogen-bond acceptors (Lipinski definition) is 4. The molecule has 3 N–H and O–H groups in total. The smallest absolute Gasteiger partial charge is 0.343 e. The molecule has 0 bridgehead atoms. The Bertz CT molecular complexity index is 624. The highest BCUT2D eigenvalue weighted by atomic mass is 32.1. The van der Waals surface area contributed by atoms with Gasteiger partial charge >= 0.3 is 5.97 Å². The predicted octanol–water partition coefficient (Wildman–Crippen LogP) is 3.62. The molecular weight excluding hydrogens is 296 g/mol. The molecule has 0 saturated carbocycles. The Balaban J connectivity index is 3.04. The SMILES string of the molecule is C/C(N)=C(\C(=O)OC(C)(C)C)C(=S)Nc1cccc(C)c1C. The highest BCUT2D eigenvalue weighted by Crippen LogP contribution is 2.20. The molecule has 0 amide bonds. The summed E-state index contributed by atoms with van der Waals surface area (Å²) in [5, 5.41) is 3.09. The van der Waals surface area contributed by atoms with Crippen molar-refractivity contribution < 1.29 is 9.53 Å². The topological polar surface area (TPSA) is 64.4 Å².